The first-order chi connectivity index (χ1) is 10.6. The molecular weight excluding hydrogens is 316 g/mol. The van der Waals surface area contributed by atoms with Crippen LogP contribution >= 0.6 is 23.1 Å². The molecule has 0 radical (unpaired) electrons. The van der Waals surface area contributed by atoms with Gasteiger partial charge >= 0.3 is 0 Å². The maximum Gasteiger partial charge on any atom is 0.191 e. The third-order valence-corrected chi connectivity index (χ3v) is 4.89. The van der Waals surface area contributed by atoms with Crippen LogP contribution in [-0.4, -0.2) is 52.8 Å². The van der Waals surface area contributed by atoms with E-state index in [-0.39, 0.29) is 0 Å². The second-order valence-corrected chi connectivity index (χ2v) is 7.44. The molecule has 0 bridgehead atoms. The van der Waals surface area contributed by atoms with E-state index in [2.05, 4.69) is 46.2 Å². The van der Waals surface area contributed by atoms with Crippen LogP contribution < -0.4 is 11.1 Å². The lowest BCUT2D eigenvalue weighted by Gasteiger charge is -2.11. The number of nitrogens with two attached hydrogens (primary N) is 1. The Hall–Kier alpha value is -1.12. The first-order valence-electron chi connectivity index (χ1n) is 7.55. The van der Waals surface area contributed by atoms with Gasteiger partial charge in [0.05, 0.1) is 0 Å². The molecule has 0 fully saturated rings. The molecule has 122 valence electrons. The predicted molar refractivity (Wildman–Crippen MR) is 96.9 cm³/mol. The maximum absolute atomic E-state index is 5.82. The van der Waals surface area contributed by atoms with Gasteiger partial charge in [-0.3, -0.25) is 0 Å². The molecule has 0 amide bonds. The van der Waals surface area contributed by atoms with Gasteiger partial charge in [0.25, 0.3) is 0 Å². The van der Waals surface area contributed by atoms with Crippen molar-refractivity contribution < 1.29 is 0 Å². The molecule has 2 aromatic rings. The van der Waals surface area contributed by atoms with Crippen LogP contribution in [0.2, 0.25) is 0 Å². The predicted octanol–water partition coefficient (Wildman–Crippen LogP) is 2.92. The highest BCUT2D eigenvalue weighted by molar-refractivity contribution is 7.99. The van der Waals surface area contributed by atoms with Gasteiger partial charge in [-0.2, -0.15) is 0 Å². The van der Waals surface area contributed by atoms with Gasteiger partial charge in [-0.25, -0.2) is 15.0 Å². The number of fused-ring (bicyclic) bond motifs is 1. The van der Waals surface area contributed by atoms with E-state index in [0.29, 0.717) is 10.8 Å². The molecule has 2 aromatic heterocycles. The quantitative estimate of drug-likeness (QED) is 0.413. The van der Waals surface area contributed by atoms with Crippen molar-refractivity contribution in [2.45, 2.75) is 31.3 Å². The van der Waals surface area contributed by atoms with E-state index >= 15 is 0 Å². The summed E-state index contributed by atoms with van der Waals surface area (Å²) < 4.78 is 0.939. The molecule has 0 aliphatic carbocycles. The first-order valence-corrected chi connectivity index (χ1v) is 9.35. The van der Waals surface area contributed by atoms with Crippen molar-refractivity contribution in [1.82, 2.24) is 19.9 Å². The molecule has 0 unspecified atom stereocenters. The van der Waals surface area contributed by atoms with Crippen molar-refractivity contribution in [3.63, 3.8) is 0 Å². The molecule has 0 aliphatic rings. The van der Waals surface area contributed by atoms with E-state index in [4.69, 9.17) is 5.73 Å². The number of aromatic nitrogens is 3. The van der Waals surface area contributed by atoms with Crippen molar-refractivity contribution in [3.05, 3.63) is 0 Å². The summed E-state index contributed by atoms with van der Waals surface area (Å²) in [5.74, 6) is 1.88. The average Bonchev–Trinajstić information content (AvgIpc) is 2.83. The number of unbranched alkanes of at least 4 members (excludes halogenated alkanes) is 2. The highest BCUT2D eigenvalue weighted by Gasteiger charge is 2.12. The van der Waals surface area contributed by atoms with Gasteiger partial charge in [-0.05, 0) is 20.5 Å². The van der Waals surface area contributed by atoms with Crippen molar-refractivity contribution in [2.75, 3.05) is 44.0 Å². The van der Waals surface area contributed by atoms with Crippen LogP contribution in [0.3, 0.4) is 0 Å². The Morgan fingerprint density at radius 1 is 1.23 bits per heavy atom. The monoisotopic (exact) mass is 340 g/mol. The zero-order chi connectivity index (χ0) is 15.9. The van der Waals surface area contributed by atoms with Gasteiger partial charge in [0.1, 0.15) is 4.70 Å². The number of nitrogen functional groups attached to an aromatic ring is 1. The smallest absolute Gasteiger partial charge is 0.191 e. The van der Waals surface area contributed by atoms with Gasteiger partial charge in [0, 0.05) is 18.8 Å². The van der Waals surface area contributed by atoms with Gasteiger partial charge in [0.2, 0.25) is 0 Å². The molecule has 8 heteroatoms. The minimum absolute atomic E-state index is 0.535. The lowest BCUT2D eigenvalue weighted by atomic mass is 10.3. The molecule has 0 saturated carbocycles. The van der Waals surface area contributed by atoms with Gasteiger partial charge in [0.15, 0.2) is 21.8 Å². The topological polar surface area (TPSA) is 80.0 Å². The second-order valence-electron chi connectivity index (χ2n) is 5.35. The summed E-state index contributed by atoms with van der Waals surface area (Å²) in [6.45, 7) is 3.98. The summed E-state index contributed by atoms with van der Waals surface area (Å²) in [5, 5.41) is 4.70. The molecule has 6 nitrogen and oxygen atoms in total. The van der Waals surface area contributed by atoms with E-state index < -0.39 is 0 Å². The van der Waals surface area contributed by atoms with Crippen LogP contribution in [-0.2, 0) is 0 Å². The number of hydrogen-bond acceptors (Lipinski definition) is 8. The molecule has 0 atom stereocenters. The molecule has 22 heavy (non-hydrogen) atoms. The molecule has 2 rings (SSSR count). The highest BCUT2D eigenvalue weighted by atomic mass is 32.2. The molecule has 0 aliphatic heterocycles. The van der Waals surface area contributed by atoms with E-state index in [9.17, 15) is 0 Å². The van der Waals surface area contributed by atoms with Crippen LogP contribution in [0.15, 0.2) is 5.16 Å². The Morgan fingerprint density at radius 2 is 2.05 bits per heavy atom. The van der Waals surface area contributed by atoms with E-state index in [1.165, 1.54) is 30.6 Å². The highest BCUT2D eigenvalue weighted by Crippen LogP contribution is 2.30. The third-order valence-electron chi connectivity index (χ3n) is 3.08. The summed E-state index contributed by atoms with van der Waals surface area (Å²) in [4.78, 5) is 15.6. The van der Waals surface area contributed by atoms with E-state index in [1.807, 2.05) is 0 Å². The van der Waals surface area contributed by atoms with Crippen molar-refractivity contribution >= 4 is 44.4 Å². The van der Waals surface area contributed by atoms with Crippen LogP contribution in [0.1, 0.15) is 26.2 Å². The maximum atomic E-state index is 5.82. The Bertz CT molecular complexity index is 598. The Morgan fingerprint density at radius 3 is 2.77 bits per heavy atom. The zero-order valence-electron chi connectivity index (χ0n) is 13.4. The Kier molecular flexibility index (Phi) is 6.66. The number of anilines is 2. The fourth-order valence-corrected chi connectivity index (χ4v) is 3.49. The van der Waals surface area contributed by atoms with E-state index in [1.54, 1.807) is 11.8 Å². The largest absolute Gasteiger partial charge is 0.375 e. The summed E-state index contributed by atoms with van der Waals surface area (Å²) in [6, 6.07) is 0. The van der Waals surface area contributed by atoms with Crippen LogP contribution in [0.25, 0.3) is 10.3 Å². The standard InChI is InChI=1S/C14H24N6S2/c1-4-5-6-9-21-14-18-11(16-7-8-20(2)3)10-12(19-14)17-13(15)22-10/h4-9H2,1-3H3,(H3,15,16,17,18,19). The third kappa shape index (κ3) is 4.96. The zero-order valence-corrected chi connectivity index (χ0v) is 15.1. The van der Waals surface area contributed by atoms with Crippen LogP contribution in [0.4, 0.5) is 10.9 Å². The summed E-state index contributed by atoms with van der Waals surface area (Å²) in [6.07, 6.45) is 3.65. The number of likely N-dealkylation sites (N-methyl/N-ethyl adjacent to an activating group) is 1. The fraction of sp³-hybridized carbons (Fsp3) is 0.643. The van der Waals surface area contributed by atoms with Crippen LogP contribution in [0.5, 0.6) is 0 Å². The average molecular weight is 341 g/mol. The number of hydrogen-bond donors (Lipinski definition) is 2. The van der Waals surface area contributed by atoms with Gasteiger partial charge in [-0.1, -0.05) is 42.9 Å². The second kappa shape index (κ2) is 8.50. The molecule has 0 aromatic carbocycles. The van der Waals surface area contributed by atoms with Gasteiger partial charge < -0.3 is 16.0 Å². The van der Waals surface area contributed by atoms with Crippen molar-refractivity contribution in [2.24, 2.45) is 0 Å². The first kappa shape index (κ1) is 17.2. The lowest BCUT2D eigenvalue weighted by Crippen LogP contribution is -2.21. The molecule has 3 N–H and O–H groups in total. The Labute approximate surface area is 139 Å². The minimum atomic E-state index is 0.535. The van der Waals surface area contributed by atoms with Gasteiger partial charge in [-0.15, -0.1) is 0 Å². The van der Waals surface area contributed by atoms with Crippen molar-refractivity contribution in [1.29, 1.82) is 0 Å². The number of nitrogens with one attached hydrogen (secondary N) is 1. The Balaban J connectivity index is 2.12. The lowest BCUT2D eigenvalue weighted by molar-refractivity contribution is 0.425. The number of nitrogens with zero attached hydrogens (tertiary/aromatic N) is 4. The molecule has 2 heterocycles. The summed E-state index contributed by atoms with van der Waals surface area (Å²) in [7, 11) is 4.11. The number of rotatable bonds is 9. The summed E-state index contributed by atoms with van der Waals surface area (Å²) >= 11 is 3.12. The summed E-state index contributed by atoms with van der Waals surface area (Å²) in [5.41, 5.74) is 6.52. The number of thioether (sulfide) groups is 1. The molecule has 0 spiro atoms. The fourth-order valence-electron chi connectivity index (χ4n) is 1.92. The van der Waals surface area contributed by atoms with Crippen molar-refractivity contribution in [3.8, 4) is 0 Å². The molecular formula is C14H24N6S2. The minimum Gasteiger partial charge on any atom is -0.375 e. The SMILES string of the molecule is CCCCCSc1nc(NCCN(C)C)c2sc(N)nc2n1. The normalized spacial score (nSPS) is 11.5. The number of thiazole rings is 1. The van der Waals surface area contributed by atoms with E-state index in [0.717, 1.165) is 34.5 Å². The molecule has 0 saturated heterocycles. The van der Waals surface area contributed by atoms with Crippen LogP contribution in [0, 0.1) is 0 Å².